The van der Waals surface area contributed by atoms with Crippen LogP contribution in [-0.2, 0) is 11.3 Å². The van der Waals surface area contributed by atoms with Crippen LogP contribution in [0.1, 0.15) is 30.0 Å². The van der Waals surface area contributed by atoms with Crippen LogP contribution in [0, 0.1) is 5.92 Å². The Morgan fingerprint density at radius 3 is 2.38 bits per heavy atom. The lowest BCUT2D eigenvalue weighted by atomic mass is 9.76. The predicted octanol–water partition coefficient (Wildman–Crippen LogP) is 3.75. The molecule has 3 nitrogen and oxygen atoms in total. The van der Waals surface area contributed by atoms with Crippen molar-refractivity contribution in [3.63, 3.8) is 0 Å². The van der Waals surface area contributed by atoms with E-state index < -0.39 is 0 Å². The third kappa shape index (κ3) is 2.44. The number of fused-ring (bicyclic) bond motifs is 3. The summed E-state index contributed by atoms with van der Waals surface area (Å²) in [4.78, 5) is 13.2. The Morgan fingerprint density at radius 2 is 1.67 bits per heavy atom. The van der Waals surface area contributed by atoms with E-state index in [1.54, 1.807) is 7.11 Å². The molecular formula is C21H24NO2+. The first-order valence-electron chi connectivity index (χ1n) is 8.80. The summed E-state index contributed by atoms with van der Waals surface area (Å²) in [5.74, 6) is 1.48. The van der Waals surface area contributed by atoms with Crippen LogP contribution >= 0.6 is 0 Å². The van der Waals surface area contributed by atoms with E-state index >= 15 is 0 Å². The Kier molecular flexibility index (Phi) is 3.89. The zero-order chi connectivity index (χ0) is 16.6. The van der Waals surface area contributed by atoms with E-state index in [4.69, 9.17) is 4.74 Å². The number of rotatable bonds is 4. The summed E-state index contributed by atoms with van der Waals surface area (Å²) >= 11 is 0. The molecule has 24 heavy (non-hydrogen) atoms. The van der Waals surface area contributed by atoms with E-state index in [2.05, 4.69) is 36.4 Å². The number of hydrogen-bond donors (Lipinski definition) is 0. The smallest absolute Gasteiger partial charge is 0.198 e. The molecule has 0 N–H and O–H groups in total. The number of methoxy groups -OCH3 is 1. The summed E-state index contributed by atoms with van der Waals surface area (Å²) in [7, 11) is 1.70. The lowest BCUT2D eigenvalue weighted by Gasteiger charge is -2.53. The van der Waals surface area contributed by atoms with Crippen LogP contribution in [0.2, 0.25) is 0 Å². The van der Waals surface area contributed by atoms with Gasteiger partial charge < -0.3 is 9.22 Å². The molecule has 3 heterocycles. The molecule has 3 fully saturated rings. The van der Waals surface area contributed by atoms with Gasteiger partial charge in [0.15, 0.2) is 11.8 Å². The van der Waals surface area contributed by atoms with Gasteiger partial charge in [-0.05, 0) is 12.1 Å². The highest BCUT2D eigenvalue weighted by molar-refractivity contribution is 5.88. The van der Waals surface area contributed by atoms with Gasteiger partial charge in [0.25, 0.3) is 0 Å². The highest BCUT2D eigenvalue weighted by atomic mass is 16.5. The quantitative estimate of drug-likeness (QED) is 0.802. The fourth-order valence-corrected chi connectivity index (χ4v) is 4.65. The average Bonchev–Trinajstić information content (AvgIpc) is 2.63. The molecule has 2 aromatic carbocycles. The second kappa shape index (κ2) is 6.06. The Hall–Kier alpha value is -2.13. The molecule has 3 heteroatoms. The van der Waals surface area contributed by atoms with Crippen LogP contribution in [0.3, 0.4) is 0 Å². The van der Waals surface area contributed by atoms with Gasteiger partial charge in [-0.1, -0.05) is 42.5 Å². The van der Waals surface area contributed by atoms with Crippen molar-refractivity contribution in [3.05, 3.63) is 65.7 Å². The molecule has 2 aromatic rings. The molecule has 0 aliphatic carbocycles. The van der Waals surface area contributed by atoms with Crippen molar-refractivity contribution in [2.24, 2.45) is 5.92 Å². The molecule has 0 spiro atoms. The lowest BCUT2D eigenvalue weighted by molar-refractivity contribution is -0.970. The van der Waals surface area contributed by atoms with Crippen LogP contribution in [0.4, 0.5) is 0 Å². The van der Waals surface area contributed by atoms with E-state index in [0.29, 0.717) is 5.78 Å². The van der Waals surface area contributed by atoms with E-state index in [1.165, 1.54) is 5.56 Å². The Bertz CT molecular complexity index is 733. The molecule has 2 bridgehead atoms. The van der Waals surface area contributed by atoms with Gasteiger partial charge >= 0.3 is 0 Å². The Balaban J connectivity index is 1.78. The molecule has 3 aliphatic rings. The summed E-state index contributed by atoms with van der Waals surface area (Å²) < 4.78 is 6.43. The average molecular weight is 322 g/mol. The Morgan fingerprint density at radius 1 is 1.00 bits per heavy atom. The zero-order valence-corrected chi connectivity index (χ0v) is 14.2. The molecule has 0 saturated carbocycles. The second-order valence-corrected chi connectivity index (χ2v) is 7.13. The van der Waals surface area contributed by atoms with Crippen molar-refractivity contribution >= 4 is 5.78 Å². The SMILES string of the molecule is COc1ccccc1C1C(=O)C2CC[N+]1(Cc1ccccc1)CC2. The number of nitrogens with zero attached hydrogens (tertiary/aromatic N) is 1. The molecule has 1 atom stereocenters. The number of piperidine rings is 3. The third-order valence-electron chi connectivity index (χ3n) is 5.84. The number of benzene rings is 2. The maximum Gasteiger partial charge on any atom is 0.198 e. The standard InChI is InChI=1S/C21H24NO2/c1-24-19-10-6-5-9-18(19)20-21(23)17-11-13-22(20,14-12-17)15-16-7-3-2-4-8-16/h2-10,17,20H,11-15H2,1H3/q+1. The van der Waals surface area contributed by atoms with Crippen LogP contribution in [-0.4, -0.2) is 30.5 Å². The van der Waals surface area contributed by atoms with Gasteiger partial charge in [-0.3, -0.25) is 4.79 Å². The molecule has 124 valence electrons. The van der Waals surface area contributed by atoms with Gasteiger partial charge in [-0.25, -0.2) is 0 Å². The lowest BCUT2D eigenvalue weighted by Crippen LogP contribution is -2.63. The molecule has 0 radical (unpaired) electrons. The van der Waals surface area contributed by atoms with Crippen molar-refractivity contribution < 1.29 is 14.0 Å². The number of ether oxygens (including phenoxy) is 1. The molecule has 3 aliphatic heterocycles. The van der Waals surface area contributed by atoms with Crippen molar-refractivity contribution in [2.75, 3.05) is 20.2 Å². The fraction of sp³-hybridized carbons (Fsp3) is 0.381. The molecule has 0 aromatic heterocycles. The summed E-state index contributed by atoms with van der Waals surface area (Å²) in [5, 5.41) is 0. The van der Waals surface area contributed by atoms with Gasteiger partial charge in [0.1, 0.15) is 12.3 Å². The number of quaternary nitrogens is 1. The maximum atomic E-state index is 13.2. The summed E-state index contributed by atoms with van der Waals surface area (Å²) in [6, 6.07) is 18.5. The maximum absolute atomic E-state index is 13.2. The fourth-order valence-electron chi connectivity index (χ4n) is 4.65. The van der Waals surface area contributed by atoms with Gasteiger partial charge in [0.2, 0.25) is 0 Å². The topological polar surface area (TPSA) is 26.3 Å². The van der Waals surface area contributed by atoms with Crippen LogP contribution < -0.4 is 4.74 Å². The molecule has 5 rings (SSSR count). The number of para-hydroxylation sites is 1. The summed E-state index contributed by atoms with van der Waals surface area (Å²) in [6.07, 6.45) is 2.05. The molecule has 0 amide bonds. The van der Waals surface area contributed by atoms with Crippen molar-refractivity contribution in [1.82, 2.24) is 0 Å². The third-order valence-corrected chi connectivity index (χ3v) is 5.84. The minimum absolute atomic E-state index is 0.0890. The van der Waals surface area contributed by atoms with Gasteiger partial charge in [0.05, 0.1) is 25.8 Å². The van der Waals surface area contributed by atoms with Gasteiger partial charge in [0, 0.05) is 24.3 Å². The highest BCUT2D eigenvalue weighted by Gasteiger charge is 2.54. The minimum Gasteiger partial charge on any atom is -0.496 e. The van der Waals surface area contributed by atoms with Crippen molar-refractivity contribution in [3.8, 4) is 5.75 Å². The number of carbonyl (C=O) groups is 1. The summed E-state index contributed by atoms with van der Waals surface area (Å²) in [6.45, 7) is 3.07. The van der Waals surface area contributed by atoms with E-state index in [9.17, 15) is 4.79 Å². The van der Waals surface area contributed by atoms with Crippen LogP contribution in [0.25, 0.3) is 0 Å². The first kappa shape index (κ1) is 15.4. The summed E-state index contributed by atoms with van der Waals surface area (Å²) in [5.41, 5.74) is 2.37. The largest absolute Gasteiger partial charge is 0.496 e. The predicted molar refractivity (Wildman–Crippen MR) is 93.6 cm³/mol. The molecule has 3 saturated heterocycles. The Labute approximate surface area is 143 Å². The van der Waals surface area contributed by atoms with E-state index in [-0.39, 0.29) is 12.0 Å². The number of hydrogen-bond acceptors (Lipinski definition) is 2. The highest BCUT2D eigenvalue weighted by Crippen LogP contribution is 2.47. The molecule has 1 unspecified atom stereocenters. The van der Waals surface area contributed by atoms with E-state index in [0.717, 1.165) is 48.3 Å². The first-order valence-corrected chi connectivity index (χ1v) is 8.80. The second-order valence-electron chi connectivity index (χ2n) is 7.13. The number of carbonyl (C=O) groups excluding carboxylic acids is 1. The molecular weight excluding hydrogens is 298 g/mol. The van der Waals surface area contributed by atoms with Crippen LogP contribution in [0.5, 0.6) is 5.75 Å². The zero-order valence-electron chi connectivity index (χ0n) is 14.2. The van der Waals surface area contributed by atoms with Crippen LogP contribution in [0.15, 0.2) is 54.6 Å². The van der Waals surface area contributed by atoms with Crippen molar-refractivity contribution in [2.45, 2.75) is 25.4 Å². The normalized spacial score (nSPS) is 28.8. The number of Topliss-reactive ketones (excluding diaryl/α,β-unsaturated/α-hetero) is 1. The monoisotopic (exact) mass is 322 g/mol. The van der Waals surface area contributed by atoms with Gasteiger partial charge in [-0.15, -0.1) is 0 Å². The van der Waals surface area contributed by atoms with Gasteiger partial charge in [-0.2, -0.15) is 0 Å². The van der Waals surface area contributed by atoms with Crippen molar-refractivity contribution in [1.29, 1.82) is 0 Å². The number of ketones is 1. The first-order chi connectivity index (χ1) is 11.7. The minimum atomic E-state index is -0.0890. The van der Waals surface area contributed by atoms with E-state index in [1.807, 2.05) is 18.2 Å².